The van der Waals surface area contributed by atoms with Crippen LogP contribution in [0.2, 0.25) is 0 Å². The van der Waals surface area contributed by atoms with E-state index in [1.165, 1.54) is 0 Å². The summed E-state index contributed by atoms with van der Waals surface area (Å²) in [5.74, 6) is 0. The maximum Gasteiger partial charge on any atom is 0.189 e. The molecule has 0 unspecified atom stereocenters. The molecule has 0 aliphatic rings. The Bertz CT molecular complexity index is 5390. The predicted octanol–water partition coefficient (Wildman–Crippen LogP) is 19.6. The Morgan fingerprint density at radius 1 is 0.270 bits per heavy atom. The van der Waals surface area contributed by atoms with Crippen LogP contribution >= 0.6 is 0 Å². The zero-order chi connectivity index (χ0) is 61.6. The first kappa shape index (κ1) is 54.2. The molecule has 0 aliphatic heterocycles. The van der Waals surface area contributed by atoms with Gasteiger partial charge in [0.15, 0.2) is 22.7 Å². The molecular weight excluding hydrogens is 1090 g/mol. The van der Waals surface area contributed by atoms with Crippen LogP contribution in [0.25, 0.3) is 141 Å². The van der Waals surface area contributed by atoms with Gasteiger partial charge in [-0.2, -0.15) is 31.6 Å². The molecule has 13 aromatic rings. The van der Waals surface area contributed by atoms with Crippen LogP contribution < -0.4 is 0 Å². The average Bonchev–Trinajstić information content (AvgIpc) is 1.65. The quantitative estimate of drug-likeness (QED) is 0.137. The Morgan fingerprint density at radius 3 is 0.966 bits per heavy atom. The number of hydrogen-bond acceptors (Lipinski definition) is 6. The number of aryl methyl sites for hydroxylation is 1. The maximum absolute atomic E-state index is 10.8. The second-order valence-corrected chi connectivity index (χ2v) is 21.3. The van der Waals surface area contributed by atoms with E-state index in [0.717, 1.165) is 99.4 Å². The molecule has 11 aromatic carbocycles. The first-order chi connectivity index (χ1) is 43.5. The lowest BCUT2D eigenvalue weighted by Crippen LogP contribution is -2.03. The van der Waals surface area contributed by atoms with Gasteiger partial charge in [-0.05, 0) is 202 Å². The van der Waals surface area contributed by atoms with Crippen LogP contribution in [0.15, 0.2) is 200 Å². The normalized spacial score (nSPS) is 10.6. The summed E-state index contributed by atoms with van der Waals surface area (Å²) >= 11 is 0. The smallest absolute Gasteiger partial charge is 0.189 e. The minimum atomic E-state index is 0.315. The van der Waals surface area contributed by atoms with Crippen LogP contribution in [0.5, 0.6) is 0 Å². The monoisotopic (exact) mass is 1130 g/mol. The molecule has 0 radical (unpaired) electrons. The molecule has 0 saturated heterocycles. The maximum atomic E-state index is 10.8. The number of nitrogens with zero attached hydrogens (tertiary/aromatic N) is 12. The molecule has 0 aliphatic carbocycles. The van der Waals surface area contributed by atoms with Crippen LogP contribution in [0.3, 0.4) is 0 Å². The van der Waals surface area contributed by atoms with Crippen molar-refractivity contribution in [1.82, 2.24) is 9.13 Å². The zero-order valence-corrected chi connectivity index (χ0v) is 46.9. The summed E-state index contributed by atoms with van der Waals surface area (Å²) in [6.07, 6.45) is 0. The molecule has 89 heavy (non-hydrogen) atoms. The van der Waals surface area contributed by atoms with Crippen molar-refractivity contribution >= 4 is 66.4 Å². The molecular formula is C77H36N12. The van der Waals surface area contributed by atoms with Gasteiger partial charge in [0.25, 0.3) is 0 Å². The standard InChI is InChI=1S/C77H36N12/c1-45-20-46(39-78)6-13-65(45)56-8-15-67(77(37-56)89-74-18-11-54(59-25-51(44-83)27-62(30-59)85-3)35-70(74)71-36-55(12-19-75(71)89)60-31-63(86-4)38-64(32-60)87-5)66-14-7-47(40-79)28-76(66)88-72-16-9-52(57-22-48(41-80)21-49(23-57)42-81)33-68(72)69-34-53(10-17-73(69)88)58-24-50(43-82)26-61(29-58)84-2/h6-38H,1H3. The van der Waals surface area contributed by atoms with Gasteiger partial charge in [-0.15, -0.1) is 0 Å². The summed E-state index contributed by atoms with van der Waals surface area (Å²) < 4.78 is 4.34. The Kier molecular flexibility index (Phi) is 13.3. The number of hydrogen-bond donors (Lipinski definition) is 0. The first-order valence-electron chi connectivity index (χ1n) is 27.6. The van der Waals surface area contributed by atoms with E-state index in [0.29, 0.717) is 84.1 Å². The van der Waals surface area contributed by atoms with Gasteiger partial charge in [0.05, 0.1) is 118 Å². The summed E-state index contributed by atoms with van der Waals surface area (Å²) in [5.41, 5.74) is 17.9. The Morgan fingerprint density at radius 2 is 0.584 bits per heavy atom. The molecule has 2 aromatic heterocycles. The first-order valence-corrected chi connectivity index (χ1v) is 27.6. The Balaban J connectivity index is 1.13. The largest absolute Gasteiger partial charge is 0.309 e. The SMILES string of the molecule is [C-]#[N+]c1cc(C#N)cc(-c2ccc3c(c2)c2cc(-c4cc(C#N)cc(C#N)c4)ccc2n3-c2cc(C#N)ccc2-c2ccc(-c3ccc(C#N)cc3C)cc2-n2c3ccc(-c4cc(C#N)cc([N+]#[C-])c4)cc3c3cc(-c4cc([N+]#[C-])cc([N+]#[C-])c4)ccc32)c1. The van der Waals surface area contributed by atoms with Crippen molar-refractivity contribution in [3.8, 4) is 115 Å². The molecule has 0 fully saturated rings. The summed E-state index contributed by atoms with van der Waals surface area (Å²) in [4.78, 5) is 14.7. The van der Waals surface area contributed by atoms with Gasteiger partial charge >= 0.3 is 0 Å². The third kappa shape index (κ3) is 9.47. The van der Waals surface area contributed by atoms with E-state index >= 15 is 0 Å². The van der Waals surface area contributed by atoms with Crippen molar-refractivity contribution in [1.29, 1.82) is 31.6 Å². The Labute approximate surface area is 510 Å². The molecule has 12 heteroatoms. The van der Waals surface area contributed by atoms with Crippen molar-refractivity contribution < 1.29 is 0 Å². The van der Waals surface area contributed by atoms with Gasteiger partial charge in [0.2, 0.25) is 0 Å². The summed E-state index contributed by atoms with van der Waals surface area (Å²) in [6, 6.07) is 75.3. The highest BCUT2D eigenvalue weighted by Gasteiger charge is 2.24. The summed E-state index contributed by atoms with van der Waals surface area (Å²) in [6.45, 7) is 33.5. The summed E-state index contributed by atoms with van der Waals surface area (Å²) in [5, 5.41) is 64.2. The third-order valence-corrected chi connectivity index (χ3v) is 16.1. The molecule has 0 bridgehead atoms. The highest BCUT2D eigenvalue weighted by atomic mass is 15.0. The molecule has 2 heterocycles. The van der Waals surface area contributed by atoms with Gasteiger partial charge in [0.1, 0.15) is 0 Å². The lowest BCUT2D eigenvalue weighted by molar-refractivity contribution is 1.16. The number of rotatable bonds is 8. The molecule has 0 saturated carbocycles. The van der Waals surface area contributed by atoms with Crippen LogP contribution in [0.1, 0.15) is 38.9 Å². The molecule has 0 amide bonds. The Hall–Kier alpha value is -14.1. The third-order valence-electron chi connectivity index (χ3n) is 16.1. The molecule has 0 spiro atoms. The fraction of sp³-hybridized carbons (Fsp3) is 0.0130. The van der Waals surface area contributed by atoms with E-state index in [4.69, 9.17) is 26.3 Å². The van der Waals surface area contributed by atoms with Crippen LogP contribution in [0, 0.1) is 101 Å². The van der Waals surface area contributed by atoms with E-state index in [9.17, 15) is 31.6 Å². The number of benzene rings is 11. The lowest BCUT2D eigenvalue weighted by atomic mass is 9.93. The molecule has 0 N–H and O–H groups in total. The van der Waals surface area contributed by atoms with Crippen LogP contribution in [-0.4, -0.2) is 9.13 Å². The fourth-order valence-electron chi connectivity index (χ4n) is 12.1. The van der Waals surface area contributed by atoms with E-state index in [2.05, 4.69) is 95.3 Å². The lowest BCUT2D eigenvalue weighted by Gasteiger charge is -2.20. The van der Waals surface area contributed by atoms with E-state index in [1.807, 2.05) is 91.9 Å². The average molecular weight is 1130 g/mol. The highest BCUT2D eigenvalue weighted by Crippen LogP contribution is 2.46. The van der Waals surface area contributed by atoms with Gasteiger partial charge in [-0.25, -0.2) is 19.4 Å². The van der Waals surface area contributed by atoms with Crippen molar-refractivity contribution in [2.45, 2.75) is 6.92 Å². The molecule has 404 valence electrons. The van der Waals surface area contributed by atoms with Crippen LogP contribution in [-0.2, 0) is 0 Å². The number of aromatic nitrogens is 2. The molecule has 0 atom stereocenters. The van der Waals surface area contributed by atoms with Gasteiger partial charge in [-0.3, -0.25) is 0 Å². The molecule has 13 rings (SSSR count). The fourth-order valence-corrected chi connectivity index (χ4v) is 12.1. The highest BCUT2D eigenvalue weighted by molar-refractivity contribution is 6.14. The van der Waals surface area contributed by atoms with Crippen molar-refractivity contribution in [2.24, 2.45) is 0 Å². The van der Waals surface area contributed by atoms with Crippen molar-refractivity contribution in [3.63, 3.8) is 0 Å². The van der Waals surface area contributed by atoms with Gasteiger partial charge in [0, 0.05) is 43.8 Å². The van der Waals surface area contributed by atoms with Crippen molar-refractivity contribution in [2.75, 3.05) is 0 Å². The number of nitriles is 6. The summed E-state index contributed by atoms with van der Waals surface area (Å²) in [7, 11) is 0. The second-order valence-electron chi connectivity index (χ2n) is 21.3. The van der Waals surface area contributed by atoms with Crippen LogP contribution in [0.4, 0.5) is 22.7 Å². The van der Waals surface area contributed by atoms with E-state index in [1.54, 1.807) is 84.9 Å². The van der Waals surface area contributed by atoms with E-state index < -0.39 is 0 Å². The van der Waals surface area contributed by atoms with Crippen molar-refractivity contribution in [3.05, 3.63) is 285 Å². The van der Waals surface area contributed by atoms with E-state index in [-0.39, 0.29) is 0 Å². The minimum Gasteiger partial charge on any atom is -0.309 e. The number of fused-ring (bicyclic) bond motifs is 6. The predicted molar refractivity (Wildman–Crippen MR) is 346 cm³/mol. The topological polar surface area (TPSA) is 170 Å². The molecule has 12 nitrogen and oxygen atoms in total. The minimum absolute atomic E-state index is 0.315. The van der Waals surface area contributed by atoms with Gasteiger partial charge in [-0.1, -0.05) is 66.7 Å². The second kappa shape index (κ2) is 21.9. The zero-order valence-electron chi connectivity index (χ0n) is 46.9. The van der Waals surface area contributed by atoms with Gasteiger partial charge < -0.3 is 9.13 Å².